The van der Waals surface area contributed by atoms with Gasteiger partial charge in [-0.3, -0.25) is 4.90 Å². The number of halogens is 6. The molecule has 0 bridgehead atoms. The second-order valence-electron chi connectivity index (χ2n) is 9.09. The highest BCUT2D eigenvalue weighted by molar-refractivity contribution is 5.73. The van der Waals surface area contributed by atoms with Crippen LogP contribution in [0.4, 0.5) is 26.3 Å². The van der Waals surface area contributed by atoms with E-state index in [0.717, 1.165) is 49.5 Å². The van der Waals surface area contributed by atoms with Crippen molar-refractivity contribution in [3.8, 4) is 5.75 Å². The first-order valence-corrected chi connectivity index (χ1v) is 11.7. The Morgan fingerprint density at radius 2 is 1.55 bits per heavy atom. The molecule has 0 aliphatic carbocycles. The zero-order chi connectivity index (χ0) is 30.7. The summed E-state index contributed by atoms with van der Waals surface area (Å²) < 4.78 is 70.9. The molecular weight excluding hydrogens is 552 g/mol. The lowest BCUT2D eigenvalue weighted by Gasteiger charge is -2.31. The van der Waals surface area contributed by atoms with Crippen LogP contribution in [0, 0.1) is 0 Å². The number of aliphatic carboxylic acids is 2. The SMILES string of the molecule is COc1ccccc1C=CCN1CCC(n2cc(C(C)(C)N)nn2)CC1.O=C(O)C(F)(F)F.O=C(O)C(F)(F)F. The van der Waals surface area contributed by atoms with E-state index in [0.29, 0.717) is 6.04 Å². The lowest BCUT2D eigenvalue weighted by atomic mass is 10.0. The normalized spacial score (nSPS) is 15.1. The summed E-state index contributed by atoms with van der Waals surface area (Å²) in [4.78, 5) is 20.3. The van der Waals surface area contributed by atoms with Crippen molar-refractivity contribution < 1.29 is 50.9 Å². The maximum Gasteiger partial charge on any atom is 0.490 e. The summed E-state index contributed by atoms with van der Waals surface area (Å²) >= 11 is 0. The Balaban J connectivity index is 0.000000473. The number of alkyl halides is 6. The predicted octanol–water partition coefficient (Wildman–Crippen LogP) is 4.10. The van der Waals surface area contributed by atoms with Crippen LogP contribution in [0.5, 0.6) is 5.75 Å². The second kappa shape index (κ2) is 14.6. The standard InChI is InChI=1S/C20H29N5O.2C2HF3O2/c1-20(2,21)19-15-25(23-22-19)17-10-13-24(14-11-17)12-6-8-16-7-4-5-9-18(16)26-3;2*3-2(4,5)1(6)7/h4-9,15,17H,10-14,21H2,1-3H3;2*(H,6,7). The first-order chi connectivity index (χ1) is 18.4. The summed E-state index contributed by atoms with van der Waals surface area (Å²) in [5.74, 6) is -4.60. The van der Waals surface area contributed by atoms with Crippen molar-refractivity contribution in [1.82, 2.24) is 19.9 Å². The topological polar surface area (TPSA) is 144 Å². The number of carbonyl (C=O) groups is 2. The van der Waals surface area contributed by atoms with Crippen LogP contribution in [0.2, 0.25) is 0 Å². The van der Waals surface area contributed by atoms with Gasteiger partial charge in [0.2, 0.25) is 0 Å². The van der Waals surface area contributed by atoms with Crippen molar-refractivity contribution in [3.05, 3.63) is 47.8 Å². The van der Waals surface area contributed by atoms with Gasteiger partial charge >= 0.3 is 24.3 Å². The summed E-state index contributed by atoms with van der Waals surface area (Å²) in [6.45, 7) is 6.98. The average Bonchev–Trinajstić information content (AvgIpc) is 3.36. The molecule has 16 heteroatoms. The Kier molecular flexibility index (Phi) is 12.6. The molecule has 1 aliphatic rings. The molecule has 4 N–H and O–H groups in total. The van der Waals surface area contributed by atoms with Crippen LogP contribution in [-0.2, 0) is 15.1 Å². The summed E-state index contributed by atoms with van der Waals surface area (Å²) in [5.41, 5.74) is 7.62. The minimum Gasteiger partial charge on any atom is -0.496 e. The van der Waals surface area contributed by atoms with Crippen molar-refractivity contribution in [2.45, 2.75) is 50.6 Å². The third-order valence-corrected chi connectivity index (χ3v) is 5.39. The van der Waals surface area contributed by atoms with Crippen LogP contribution in [0.3, 0.4) is 0 Å². The van der Waals surface area contributed by atoms with Crippen molar-refractivity contribution in [1.29, 1.82) is 0 Å². The minimum atomic E-state index is -5.08. The molecule has 224 valence electrons. The number of aromatic nitrogens is 3. The number of hydrogen-bond acceptors (Lipinski definition) is 7. The highest BCUT2D eigenvalue weighted by Gasteiger charge is 2.38. The Bertz CT molecular complexity index is 1100. The molecule has 0 radical (unpaired) electrons. The molecule has 1 aliphatic heterocycles. The number of hydrogen-bond donors (Lipinski definition) is 3. The van der Waals surface area contributed by atoms with Crippen molar-refractivity contribution in [2.24, 2.45) is 5.73 Å². The summed E-state index contributed by atoms with van der Waals surface area (Å²) in [6.07, 6.45) is -1.66. The van der Waals surface area contributed by atoms with Gasteiger partial charge < -0.3 is 20.7 Å². The minimum absolute atomic E-state index is 0.410. The van der Waals surface area contributed by atoms with E-state index in [1.54, 1.807) is 7.11 Å². The van der Waals surface area contributed by atoms with E-state index in [2.05, 4.69) is 33.4 Å². The van der Waals surface area contributed by atoms with Crippen LogP contribution >= 0.6 is 0 Å². The molecule has 0 atom stereocenters. The number of benzene rings is 1. The number of para-hydroxylation sites is 1. The highest BCUT2D eigenvalue weighted by Crippen LogP contribution is 2.24. The third-order valence-electron chi connectivity index (χ3n) is 5.39. The molecule has 2 heterocycles. The number of nitrogens with two attached hydrogens (primary N) is 1. The molecule has 0 unspecified atom stereocenters. The number of piperidine rings is 1. The zero-order valence-corrected chi connectivity index (χ0v) is 21.9. The predicted molar refractivity (Wildman–Crippen MR) is 131 cm³/mol. The maximum absolute atomic E-state index is 10.6. The molecule has 0 saturated carbocycles. The molecule has 40 heavy (non-hydrogen) atoms. The van der Waals surface area contributed by atoms with Crippen molar-refractivity contribution in [3.63, 3.8) is 0 Å². The lowest BCUT2D eigenvalue weighted by molar-refractivity contribution is -0.193. The maximum atomic E-state index is 10.6. The van der Waals surface area contributed by atoms with Gasteiger partial charge in [0.15, 0.2) is 0 Å². The van der Waals surface area contributed by atoms with Crippen LogP contribution < -0.4 is 10.5 Å². The Hall–Kier alpha value is -3.66. The fourth-order valence-electron chi connectivity index (χ4n) is 3.25. The molecule has 3 rings (SSSR count). The summed E-state index contributed by atoms with van der Waals surface area (Å²) in [7, 11) is 1.71. The molecular formula is C24H31F6N5O5. The highest BCUT2D eigenvalue weighted by atomic mass is 19.4. The van der Waals surface area contributed by atoms with Gasteiger partial charge in [-0.15, -0.1) is 5.10 Å². The van der Waals surface area contributed by atoms with E-state index in [1.165, 1.54) is 0 Å². The van der Waals surface area contributed by atoms with E-state index in [-0.39, 0.29) is 0 Å². The Morgan fingerprint density at radius 1 is 1.05 bits per heavy atom. The monoisotopic (exact) mass is 583 g/mol. The Labute approximate surface area is 226 Å². The number of likely N-dealkylation sites (tertiary alicyclic amines) is 1. The number of methoxy groups -OCH3 is 1. The van der Waals surface area contributed by atoms with E-state index < -0.39 is 29.8 Å². The largest absolute Gasteiger partial charge is 0.496 e. The van der Waals surface area contributed by atoms with Gasteiger partial charge in [0.05, 0.1) is 24.9 Å². The molecule has 1 saturated heterocycles. The lowest BCUT2D eigenvalue weighted by Crippen LogP contribution is -2.35. The molecule has 1 aromatic carbocycles. The first kappa shape index (κ1) is 34.4. The molecule has 2 aromatic rings. The molecule has 1 fully saturated rings. The van der Waals surface area contributed by atoms with Crippen LogP contribution in [-0.4, -0.2) is 81.1 Å². The van der Waals surface area contributed by atoms with Crippen LogP contribution in [0.1, 0.15) is 44.0 Å². The van der Waals surface area contributed by atoms with Crippen molar-refractivity contribution >= 4 is 18.0 Å². The van der Waals surface area contributed by atoms with Crippen LogP contribution in [0.15, 0.2) is 36.5 Å². The van der Waals surface area contributed by atoms with Crippen molar-refractivity contribution in [2.75, 3.05) is 26.7 Å². The van der Waals surface area contributed by atoms with E-state index in [9.17, 15) is 26.3 Å². The molecule has 0 amide bonds. The van der Waals surface area contributed by atoms with Crippen LogP contribution in [0.25, 0.3) is 6.08 Å². The summed E-state index contributed by atoms with van der Waals surface area (Å²) in [6, 6.07) is 8.49. The van der Waals surface area contributed by atoms with Gasteiger partial charge in [-0.1, -0.05) is 35.6 Å². The second-order valence-corrected chi connectivity index (χ2v) is 9.09. The number of rotatable bonds is 6. The average molecular weight is 584 g/mol. The quantitative estimate of drug-likeness (QED) is 0.428. The van der Waals surface area contributed by atoms with Gasteiger partial charge in [0.25, 0.3) is 0 Å². The summed E-state index contributed by atoms with van der Waals surface area (Å²) in [5, 5.41) is 22.8. The smallest absolute Gasteiger partial charge is 0.490 e. The van der Waals surface area contributed by atoms with Gasteiger partial charge in [-0.25, -0.2) is 14.3 Å². The number of carboxylic acid groups (broad SMARTS) is 2. The Morgan fingerprint density at radius 3 is 1.98 bits per heavy atom. The van der Waals surface area contributed by atoms with Gasteiger partial charge in [0.1, 0.15) is 11.4 Å². The number of ether oxygens (including phenoxy) is 1. The molecule has 1 aromatic heterocycles. The number of carboxylic acids is 2. The van der Waals surface area contributed by atoms with E-state index in [4.69, 9.17) is 30.3 Å². The zero-order valence-electron chi connectivity index (χ0n) is 21.9. The molecule has 0 spiro atoms. The van der Waals surface area contributed by atoms with Gasteiger partial charge in [-0.2, -0.15) is 26.3 Å². The van der Waals surface area contributed by atoms with E-state index >= 15 is 0 Å². The van der Waals surface area contributed by atoms with E-state index in [1.807, 2.05) is 42.9 Å². The number of nitrogens with zero attached hydrogens (tertiary/aromatic N) is 4. The van der Waals surface area contributed by atoms with Gasteiger partial charge in [0, 0.05) is 25.2 Å². The fraction of sp³-hybridized carbons (Fsp3) is 0.500. The first-order valence-electron chi connectivity index (χ1n) is 11.7. The van der Waals surface area contributed by atoms with Gasteiger partial charge in [-0.05, 0) is 32.8 Å². The fourth-order valence-corrected chi connectivity index (χ4v) is 3.25. The molecule has 10 nitrogen and oxygen atoms in total. The third kappa shape index (κ3) is 12.0.